The van der Waals surface area contributed by atoms with E-state index in [9.17, 15) is 39.6 Å². The summed E-state index contributed by atoms with van der Waals surface area (Å²) in [4.78, 5) is 56.3. The molecular formula is C27H34FN5O8. The third-order valence-corrected chi connectivity index (χ3v) is 7.98. The van der Waals surface area contributed by atoms with Gasteiger partial charge in [-0.05, 0) is 52.5 Å². The number of fused-ring (bicyclic) bond motifs is 3. The van der Waals surface area contributed by atoms with Gasteiger partial charge in [-0.25, -0.2) is 4.39 Å². The molecule has 41 heavy (non-hydrogen) atoms. The molecule has 3 aliphatic carbocycles. The summed E-state index contributed by atoms with van der Waals surface area (Å²) < 4.78 is 15.8. The highest BCUT2D eigenvalue weighted by Crippen LogP contribution is 2.54. The van der Waals surface area contributed by atoms with Crippen LogP contribution in [-0.4, -0.2) is 114 Å². The largest absolute Gasteiger partial charge is 0.510 e. The molecule has 0 aliphatic heterocycles. The number of nitrogens with two attached hydrogens (primary N) is 1. The average Bonchev–Trinajstić information content (AvgIpc) is 2.82. The van der Waals surface area contributed by atoms with Gasteiger partial charge in [0.25, 0.3) is 5.91 Å². The number of carbonyl (C=O) groups excluding carboxylic acids is 4. The SMILES string of the molecule is CN(C)CC(=O)Nc1c(O)c2c(c(N(C)C)c1F)CC1CC3[C@H](N(C)C)C(O)=C(C(N)=O)C(=O)C3(O)C(O)=C1C2=O. The molecule has 0 saturated heterocycles. The van der Waals surface area contributed by atoms with Crippen molar-refractivity contribution in [2.45, 2.75) is 24.5 Å². The van der Waals surface area contributed by atoms with Gasteiger partial charge in [0.15, 0.2) is 23.0 Å². The monoisotopic (exact) mass is 575 g/mol. The maximum Gasteiger partial charge on any atom is 0.255 e. The molecular weight excluding hydrogens is 541 g/mol. The zero-order valence-corrected chi connectivity index (χ0v) is 23.6. The Bertz CT molecular complexity index is 1450. The van der Waals surface area contributed by atoms with E-state index in [-0.39, 0.29) is 30.6 Å². The minimum Gasteiger partial charge on any atom is -0.510 e. The number of aliphatic hydroxyl groups excluding tert-OH is 2. The van der Waals surface area contributed by atoms with Crippen molar-refractivity contribution in [3.05, 3.63) is 39.6 Å². The number of carbonyl (C=O) groups is 4. The predicted octanol–water partition coefficient (Wildman–Crippen LogP) is -0.174. The second kappa shape index (κ2) is 10.1. The van der Waals surface area contributed by atoms with Crippen LogP contribution in [0.2, 0.25) is 0 Å². The molecule has 0 heterocycles. The first-order valence-electron chi connectivity index (χ1n) is 12.8. The van der Waals surface area contributed by atoms with Crippen LogP contribution in [0.1, 0.15) is 22.3 Å². The summed E-state index contributed by atoms with van der Waals surface area (Å²) in [5.74, 6) is -9.98. The van der Waals surface area contributed by atoms with Gasteiger partial charge in [-0.3, -0.25) is 24.1 Å². The zero-order valence-electron chi connectivity index (χ0n) is 23.6. The van der Waals surface area contributed by atoms with Gasteiger partial charge in [0, 0.05) is 25.6 Å². The topological polar surface area (TPSA) is 197 Å². The number of hydrogen-bond donors (Lipinski definition) is 6. The molecule has 14 heteroatoms. The lowest BCUT2D eigenvalue weighted by molar-refractivity contribution is -0.148. The summed E-state index contributed by atoms with van der Waals surface area (Å²) in [6.07, 6.45) is -0.235. The van der Waals surface area contributed by atoms with Crippen molar-refractivity contribution in [1.82, 2.24) is 9.80 Å². The number of benzene rings is 1. The molecule has 3 aliphatic rings. The highest BCUT2D eigenvalue weighted by atomic mass is 19.1. The third kappa shape index (κ3) is 4.33. The van der Waals surface area contributed by atoms with Gasteiger partial charge < -0.3 is 41.3 Å². The minimum absolute atomic E-state index is 0.0756. The number of nitrogens with zero attached hydrogens (tertiary/aromatic N) is 3. The first kappa shape index (κ1) is 30.0. The lowest BCUT2D eigenvalue weighted by atomic mass is 9.58. The number of amides is 2. The van der Waals surface area contributed by atoms with Gasteiger partial charge in [-0.1, -0.05) is 0 Å². The van der Waals surface area contributed by atoms with E-state index in [4.69, 9.17) is 5.73 Å². The molecule has 7 N–H and O–H groups in total. The number of aliphatic hydroxyl groups is 3. The maximum absolute atomic E-state index is 15.8. The Balaban J connectivity index is 1.97. The standard InChI is InChI=1S/C27H34FN5O8/c1-31(2)9-13(34)30-18-17(28)19(32(3)4)11-7-10-8-12-20(33(5)6)23(37)16(26(29)40)25(39)27(12,41)24(38)14(10)21(35)15(11)22(18)36/h10,12,20,36-38,41H,7-9H2,1-6H3,(H2,29,40)(H,30,34)/t10?,12?,20-,27?/m0/s1. The second-order valence-electron chi connectivity index (χ2n) is 11.4. The number of likely N-dealkylation sites (N-methyl/N-ethyl adjacent to an activating group) is 2. The Morgan fingerprint density at radius 2 is 1.71 bits per heavy atom. The predicted molar refractivity (Wildman–Crippen MR) is 145 cm³/mol. The highest BCUT2D eigenvalue weighted by molar-refractivity contribution is 6.25. The second-order valence-corrected chi connectivity index (χ2v) is 11.4. The normalized spacial score (nSPS) is 25.8. The quantitative estimate of drug-likeness (QED) is 0.194. The molecule has 0 aromatic heterocycles. The minimum atomic E-state index is -2.80. The molecule has 0 saturated carbocycles. The van der Waals surface area contributed by atoms with Crippen molar-refractivity contribution in [1.29, 1.82) is 0 Å². The Hall–Kier alpha value is -4.01. The average molecular weight is 576 g/mol. The molecule has 1 aromatic rings. The Labute approximate surface area is 235 Å². The molecule has 4 atom stereocenters. The van der Waals surface area contributed by atoms with Crippen molar-refractivity contribution in [3.8, 4) is 5.75 Å². The summed E-state index contributed by atoms with van der Waals surface area (Å²) >= 11 is 0. The molecule has 3 unspecified atom stereocenters. The van der Waals surface area contributed by atoms with Crippen LogP contribution in [0.4, 0.5) is 15.8 Å². The van der Waals surface area contributed by atoms with Crippen molar-refractivity contribution in [3.63, 3.8) is 0 Å². The summed E-state index contributed by atoms with van der Waals surface area (Å²) in [7, 11) is 9.31. The molecule has 1 aromatic carbocycles. The third-order valence-electron chi connectivity index (χ3n) is 7.98. The van der Waals surface area contributed by atoms with Gasteiger partial charge in [-0.2, -0.15) is 0 Å². The van der Waals surface area contributed by atoms with Crippen LogP contribution in [0, 0.1) is 17.7 Å². The van der Waals surface area contributed by atoms with Crippen LogP contribution in [0.25, 0.3) is 0 Å². The summed E-state index contributed by atoms with van der Waals surface area (Å²) in [5.41, 5.74) is 0.232. The van der Waals surface area contributed by atoms with E-state index in [2.05, 4.69) is 5.32 Å². The Morgan fingerprint density at radius 3 is 2.22 bits per heavy atom. The van der Waals surface area contributed by atoms with E-state index in [1.54, 1.807) is 14.1 Å². The van der Waals surface area contributed by atoms with Crippen LogP contribution in [0.5, 0.6) is 5.75 Å². The van der Waals surface area contributed by atoms with E-state index in [0.29, 0.717) is 0 Å². The van der Waals surface area contributed by atoms with Crippen molar-refractivity contribution in [2.75, 3.05) is 59.0 Å². The van der Waals surface area contributed by atoms with Crippen molar-refractivity contribution < 1.29 is 44.0 Å². The van der Waals surface area contributed by atoms with Gasteiger partial charge in [0.1, 0.15) is 22.8 Å². The number of nitrogens with one attached hydrogen (secondary N) is 1. The fourth-order valence-corrected chi connectivity index (χ4v) is 6.38. The summed E-state index contributed by atoms with van der Waals surface area (Å²) in [6.45, 7) is -0.151. The molecule has 4 rings (SSSR count). The first-order chi connectivity index (χ1) is 19.0. The molecule has 222 valence electrons. The summed E-state index contributed by atoms with van der Waals surface area (Å²) in [5, 5.41) is 47.4. The molecule has 0 spiro atoms. The number of phenolic OH excluding ortho intramolecular Hbond substituents is 1. The van der Waals surface area contributed by atoms with E-state index in [1.807, 2.05) is 0 Å². The fraction of sp³-hybridized carbons (Fsp3) is 0.481. The number of halogens is 1. The lowest BCUT2D eigenvalue weighted by Gasteiger charge is -2.50. The maximum atomic E-state index is 15.8. The van der Waals surface area contributed by atoms with Crippen LogP contribution < -0.4 is 16.0 Å². The number of anilines is 2. The number of hydrogen-bond acceptors (Lipinski definition) is 11. The highest BCUT2D eigenvalue weighted by Gasteiger charge is 2.63. The van der Waals surface area contributed by atoms with Gasteiger partial charge in [0.2, 0.25) is 11.7 Å². The van der Waals surface area contributed by atoms with Gasteiger partial charge in [0.05, 0.1) is 23.8 Å². The number of rotatable bonds is 6. The number of Topliss-reactive ketones (excluding diaryl/α,β-unsaturated/α-hetero) is 2. The van der Waals surface area contributed by atoms with Crippen molar-refractivity contribution in [2.24, 2.45) is 17.6 Å². The smallest absolute Gasteiger partial charge is 0.255 e. The Morgan fingerprint density at radius 1 is 1.10 bits per heavy atom. The molecule has 0 radical (unpaired) electrons. The van der Waals surface area contributed by atoms with E-state index in [1.165, 1.54) is 42.9 Å². The van der Waals surface area contributed by atoms with E-state index >= 15 is 4.39 Å². The van der Waals surface area contributed by atoms with Gasteiger partial charge >= 0.3 is 0 Å². The molecule has 2 amide bonds. The number of aromatic hydroxyl groups is 1. The van der Waals surface area contributed by atoms with Crippen LogP contribution in [0.3, 0.4) is 0 Å². The van der Waals surface area contributed by atoms with Crippen LogP contribution >= 0.6 is 0 Å². The number of allylic oxidation sites excluding steroid dienone is 1. The first-order valence-corrected chi connectivity index (χ1v) is 12.8. The molecule has 0 bridgehead atoms. The van der Waals surface area contributed by atoms with E-state index in [0.717, 1.165) is 0 Å². The number of phenols is 1. The fourth-order valence-electron chi connectivity index (χ4n) is 6.38. The molecule has 13 nitrogen and oxygen atoms in total. The number of ketones is 2. The van der Waals surface area contributed by atoms with Crippen LogP contribution in [-0.2, 0) is 20.8 Å². The van der Waals surface area contributed by atoms with Crippen molar-refractivity contribution >= 4 is 34.8 Å². The van der Waals surface area contributed by atoms with Crippen LogP contribution in [0.15, 0.2) is 22.7 Å². The molecule has 0 fully saturated rings. The zero-order chi connectivity index (χ0) is 30.9. The lowest BCUT2D eigenvalue weighted by Crippen LogP contribution is -2.63. The number of primary amides is 1. The van der Waals surface area contributed by atoms with Gasteiger partial charge in [-0.15, -0.1) is 0 Å². The Kier molecular flexibility index (Phi) is 7.39. The van der Waals surface area contributed by atoms with E-state index < -0.39 is 92.3 Å². The summed E-state index contributed by atoms with van der Waals surface area (Å²) in [6, 6.07) is -1.15.